The first kappa shape index (κ1) is 35.8. The molecule has 0 radical (unpaired) electrons. The molecule has 1 aliphatic heterocycles. The Hall–Kier alpha value is -3.04. The first-order valence-electron chi connectivity index (χ1n) is 16.2. The summed E-state index contributed by atoms with van der Waals surface area (Å²) < 4.78 is 46.4. The van der Waals surface area contributed by atoms with Crippen LogP contribution in [0.1, 0.15) is 58.4 Å². The van der Waals surface area contributed by atoms with Gasteiger partial charge in [0, 0.05) is 49.1 Å². The van der Waals surface area contributed by atoms with Crippen molar-refractivity contribution in [3.8, 4) is 11.1 Å². The third kappa shape index (κ3) is 9.06. The van der Waals surface area contributed by atoms with Crippen LogP contribution in [-0.2, 0) is 6.42 Å². The maximum atomic E-state index is 16.8. The molecule has 5 nitrogen and oxygen atoms in total. The second-order valence-corrected chi connectivity index (χ2v) is 13.4. The first-order chi connectivity index (χ1) is 22.0. The number of likely N-dealkylation sites (N-methyl/N-ethyl adjacent to an activating group) is 1. The van der Waals surface area contributed by atoms with Gasteiger partial charge in [0.2, 0.25) is 0 Å². The van der Waals surface area contributed by atoms with Crippen molar-refractivity contribution in [3.63, 3.8) is 0 Å². The summed E-state index contributed by atoms with van der Waals surface area (Å²) in [4.78, 5) is 11.3. The van der Waals surface area contributed by atoms with Crippen molar-refractivity contribution in [3.05, 3.63) is 76.6 Å². The van der Waals surface area contributed by atoms with E-state index in [9.17, 15) is 4.39 Å². The number of nitrogens with one attached hydrogen (secondary N) is 2. The largest absolute Gasteiger partial charge is 0.318 e. The summed E-state index contributed by atoms with van der Waals surface area (Å²) in [5.41, 5.74) is 2.02. The van der Waals surface area contributed by atoms with Gasteiger partial charge in [-0.2, -0.15) is 0 Å². The lowest BCUT2D eigenvalue weighted by Crippen LogP contribution is -2.37. The molecule has 2 N–H and O–H groups in total. The summed E-state index contributed by atoms with van der Waals surface area (Å²) in [5, 5.41) is 7.36. The lowest BCUT2D eigenvalue weighted by molar-refractivity contribution is 0.259. The number of amidine groups is 1. The number of aliphatic imine (C=N–C) groups is 2. The molecule has 0 aliphatic carbocycles. The standard InChI is InChI=1S/C37H47ClF3N5/c1-23(2)21-46(22-24(3)4)17-8-7-12-32(43-6)45-37-26(18-27-14-15-28(44-27)20-42-5)19-30(38)34(36(37)41)29-11-9-10-25-13-16-31(39)35(40)33(25)29/h9-11,13,16,19,24,27-28,42,44H,1,6-8,12,14-15,17-18,20-22H2,2-5H3/b45-32-. The fraction of sp³-hybridized carbons (Fsp3) is 0.459. The average Bonchev–Trinajstić information content (AvgIpc) is 3.44. The van der Waals surface area contributed by atoms with Gasteiger partial charge in [0.05, 0.1) is 5.02 Å². The molecule has 0 saturated carbocycles. The van der Waals surface area contributed by atoms with Crippen LogP contribution in [0.15, 0.2) is 58.5 Å². The predicted octanol–water partition coefficient (Wildman–Crippen LogP) is 8.90. The number of rotatable bonds is 15. The smallest absolute Gasteiger partial charge is 0.167 e. The van der Waals surface area contributed by atoms with Gasteiger partial charge in [-0.1, -0.05) is 61.9 Å². The Bertz CT molecular complexity index is 1570. The molecule has 4 rings (SSSR count). The van der Waals surface area contributed by atoms with E-state index in [1.807, 2.05) is 14.0 Å². The minimum Gasteiger partial charge on any atom is -0.318 e. The first-order valence-corrected chi connectivity index (χ1v) is 16.6. The second kappa shape index (κ2) is 16.7. The summed E-state index contributed by atoms with van der Waals surface area (Å²) in [6.45, 7) is 17.8. The van der Waals surface area contributed by atoms with Crippen LogP contribution in [-0.4, -0.2) is 62.8 Å². The summed E-state index contributed by atoms with van der Waals surface area (Å²) in [6, 6.07) is 9.58. The molecule has 248 valence electrons. The van der Waals surface area contributed by atoms with Crippen molar-refractivity contribution in [2.75, 3.05) is 33.2 Å². The molecule has 46 heavy (non-hydrogen) atoms. The van der Waals surface area contributed by atoms with Crippen molar-refractivity contribution in [1.82, 2.24) is 15.5 Å². The molecule has 1 aliphatic rings. The summed E-state index contributed by atoms with van der Waals surface area (Å²) in [7, 11) is 1.92. The van der Waals surface area contributed by atoms with E-state index in [1.165, 1.54) is 6.07 Å². The highest BCUT2D eigenvalue weighted by molar-refractivity contribution is 6.34. The van der Waals surface area contributed by atoms with E-state index < -0.39 is 17.5 Å². The van der Waals surface area contributed by atoms with Crippen molar-refractivity contribution in [1.29, 1.82) is 0 Å². The van der Waals surface area contributed by atoms with E-state index >= 15 is 8.78 Å². The number of hydrogen-bond donors (Lipinski definition) is 2. The van der Waals surface area contributed by atoms with Crippen molar-refractivity contribution < 1.29 is 13.2 Å². The van der Waals surface area contributed by atoms with Gasteiger partial charge >= 0.3 is 0 Å². The highest BCUT2D eigenvalue weighted by atomic mass is 35.5. The van der Waals surface area contributed by atoms with Crippen molar-refractivity contribution in [2.45, 2.75) is 71.4 Å². The van der Waals surface area contributed by atoms with Crippen LogP contribution in [0.25, 0.3) is 21.9 Å². The zero-order chi connectivity index (χ0) is 33.4. The Kier molecular flexibility index (Phi) is 13.0. The third-order valence-electron chi connectivity index (χ3n) is 8.39. The molecule has 3 aromatic rings. The van der Waals surface area contributed by atoms with Crippen LogP contribution in [0.3, 0.4) is 0 Å². The number of fused-ring (bicyclic) bond motifs is 1. The Labute approximate surface area is 277 Å². The minimum atomic E-state index is -1.05. The predicted molar refractivity (Wildman–Crippen MR) is 188 cm³/mol. The van der Waals surface area contributed by atoms with Gasteiger partial charge in [0.1, 0.15) is 11.5 Å². The minimum absolute atomic E-state index is 0.0146. The van der Waals surface area contributed by atoms with Gasteiger partial charge in [0.25, 0.3) is 0 Å². The fourth-order valence-corrected chi connectivity index (χ4v) is 6.80. The van der Waals surface area contributed by atoms with Crippen LogP contribution in [0.2, 0.25) is 5.02 Å². The lowest BCUT2D eigenvalue weighted by atomic mass is 9.93. The van der Waals surface area contributed by atoms with Crippen LogP contribution in [0.5, 0.6) is 0 Å². The molecule has 2 unspecified atom stereocenters. The Morgan fingerprint density at radius 1 is 1.11 bits per heavy atom. The zero-order valence-electron chi connectivity index (χ0n) is 27.5. The molecule has 0 spiro atoms. The van der Waals surface area contributed by atoms with E-state index in [-0.39, 0.29) is 33.3 Å². The van der Waals surface area contributed by atoms with Gasteiger partial charge in [-0.15, -0.1) is 0 Å². The number of nitrogens with zero attached hydrogens (tertiary/aromatic N) is 3. The average molecular weight is 654 g/mol. The molecule has 0 aromatic heterocycles. The Morgan fingerprint density at radius 3 is 2.57 bits per heavy atom. The molecular formula is C37H47ClF3N5. The summed E-state index contributed by atoms with van der Waals surface area (Å²) >= 11 is 6.79. The quantitative estimate of drug-likeness (QED) is 0.0746. The molecule has 1 saturated heterocycles. The molecule has 9 heteroatoms. The highest BCUT2D eigenvalue weighted by Crippen LogP contribution is 2.43. The maximum absolute atomic E-state index is 16.8. The molecule has 1 heterocycles. The fourth-order valence-electron chi connectivity index (χ4n) is 6.49. The molecule has 3 aromatic carbocycles. The van der Waals surface area contributed by atoms with E-state index in [0.29, 0.717) is 41.6 Å². The molecule has 0 amide bonds. The van der Waals surface area contributed by atoms with Crippen LogP contribution >= 0.6 is 11.6 Å². The number of hydrogen-bond acceptors (Lipinski definition) is 4. The van der Waals surface area contributed by atoms with E-state index in [0.717, 1.165) is 63.5 Å². The second-order valence-electron chi connectivity index (χ2n) is 12.9. The highest BCUT2D eigenvalue weighted by Gasteiger charge is 2.27. The van der Waals surface area contributed by atoms with Gasteiger partial charge in [-0.25, -0.2) is 23.2 Å². The SMILES string of the molecule is C=N/C(CCCCN(CC(=C)C)CC(C)C)=N\c1c(CC2CCC(CNC)N2)cc(Cl)c(-c2cccc3ccc(F)c(F)c23)c1F. The molecule has 2 atom stereocenters. The molecule has 1 fully saturated rings. The van der Waals surface area contributed by atoms with E-state index in [2.05, 4.69) is 47.7 Å². The maximum Gasteiger partial charge on any atom is 0.167 e. The van der Waals surface area contributed by atoms with Crippen LogP contribution in [0.4, 0.5) is 18.9 Å². The Morgan fingerprint density at radius 2 is 1.87 bits per heavy atom. The molecule has 0 bridgehead atoms. The third-order valence-corrected chi connectivity index (χ3v) is 8.69. The van der Waals surface area contributed by atoms with Gasteiger partial charge in [-0.05, 0) is 93.9 Å². The number of benzene rings is 3. The summed E-state index contributed by atoms with van der Waals surface area (Å²) in [6.07, 6.45) is 4.65. The van der Waals surface area contributed by atoms with Crippen LogP contribution < -0.4 is 10.6 Å². The lowest BCUT2D eigenvalue weighted by Gasteiger charge is -2.24. The van der Waals surface area contributed by atoms with Crippen molar-refractivity contribution in [2.24, 2.45) is 15.9 Å². The Balaban J connectivity index is 1.70. The topological polar surface area (TPSA) is 52.0 Å². The van der Waals surface area contributed by atoms with Gasteiger partial charge in [-0.3, -0.25) is 4.90 Å². The van der Waals surface area contributed by atoms with Gasteiger partial charge < -0.3 is 10.6 Å². The number of unbranched alkanes of at least 4 members (excludes halogenated alkanes) is 1. The van der Waals surface area contributed by atoms with Gasteiger partial charge in [0.15, 0.2) is 17.5 Å². The van der Waals surface area contributed by atoms with E-state index in [4.69, 9.17) is 16.6 Å². The van der Waals surface area contributed by atoms with Crippen LogP contribution in [0, 0.1) is 23.4 Å². The van der Waals surface area contributed by atoms with E-state index in [1.54, 1.807) is 24.3 Å². The monoisotopic (exact) mass is 653 g/mol. The summed E-state index contributed by atoms with van der Waals surface area (Å²) in [5.74, 6) is -1.78. The van der Waals surface area contributed by atoms with Crippen molar-refractivity contribution >= 4 is 40.6 Å². The zero-order valence-corrected chi connectivity index (χ0v) is 28.3. The number of halogens is 4. The normalized spacial score (nSPS) is 17.0. The molecular weight excluding hydrogens is 607 g/mol.